The van der Waals surface area contributed by atoms with E-state index in [0.717, 1.165) is 54.6 Å². The van der Waals surface area contributed by atoms with Gasteiger partial charge < -0.3 is 26.4 Å². The number of phenols is 1. The molecule has 1 amide bonds. The highest BCUT2D eigenvalue weighted by Gasteiger charge is 2.55. The first-order valence-corrected chi connectivity index (χ1v) is 13.5. The summed E-state index contributed by atoms with van der Waals surface area (Å²) in [7, 11) is 0. The number of carbonyl (C=O) groups is 1. The van der Waals surface area contributed by atoms with Crippen LogP contribution in [-0.4, -0.2) is 33.8 Å². The van der Waals surface area contributed by atoms with E-state index in [0.29, 0.717) is 17.7 Å². The highest BCUT2D eigenvalue weighted by molar-refractivity contribution is 5.83. The van der Waals surface area contributed by atoms with E-state index >= 15 is 0 Å². The average Bonchev–Trinajstić information content (AvgIpc) is 2.82. The van der Waals surface area contributed by atoms with Gasteiger partial charge >= 0.3 is 0 Å². The summed E-state index contributed by atoms with van der Waals surface area (Å²) in [5.74, 6) is 1.92. The van der Waals surface area contributed by atoms with Gasteiger partial charge in [0, 0.05) is 18.2 Å². The Morgan fingerprint density at radius 3 is 2.33 bits per heavy atom. The van der Waals surface area contributed by atoms with Crippen molar-refractivity contribution < 1.29 is 20.1 Å². The van der Waals surface area contributed by atoms with E-state index in [-0.39, 0.29) is 35.6 Å². The van der Waals surface area contributed by atoms with Crippen molar-refractivity contribution in [2.75, 3.05) is 6.54 Å². The minimum absolute atomic E-state index is 0.0254. The van der Waals surface area contributed by atoms with Crippen LogP contribution in [0.15, 0.2) is 42.5 Å². The maximum absolute atomic E-state index is 12.9. The summed E-state index contributed by atoms with van der Waals surface area (Å²) in [6.45, 7) is 2.16. The van der Waals surface area contributed by atoms with Gasteiger partial charge in [-0.15, -0.1) is 0 Å². The maximum atomic E-state index is 12.9. The maximum Gasteiger partial charge on any atom is 0.225 e. The first kappa shape index (κ1) is 25.2. The molecule has 0 saturated heterocycles. The quantitative estimate of drug-likeness (QED) is 0.345. The van der Waals surface area contributed by atoms with E-state index in [1.165, 1.54) is 25.3 Å². The van der Waals surface area contributed by atoms with Crippen LogP contribution in [0.4, 0.5) is 0 Å². The lowest BCUT2D eigenvalue weighted by atomic mass is 9.45. The third-order valence-electron chi connectivity index (χ3n) is 9.13. The molecule has 194 valence electrons. The van der Waals surface area contributed by atoms with E-state index in [4.69, 9.17) is 5.73 Å². The third kappa shape index (κ3) is 5.04. The molecular formula is C30H40N2O4. The number of nitrogens with two attached hydrogens (primary N) is 1. The van der Waals surface area contributed by atoms with E-state index in [9.17, 15) is 20.1 Å². The number of primary amides is 1. The average molecular weight is 493 g/mol. The minimum atomic E-state index is -0.750. The number of rotatable bonds is 10. The monoisotopic (exact) mass is 492 g/mol. The number of nitrogens with one attached hydrogen (secondary N) is 1. The first-order valence-electron chi connectivity index (χ1n) is 13.5. The summed E-state index contributed by atoms with van der Waals surface area (Å²) in [6, 6.07) is 13.3. The zero-order valence-corrected chi connectivity index (χ0v) is 21.2. The smallest absolute Gasteiger partial charge is 0.225 e. The number of aromatic hydroxyl groups is 1. The number of benzene rings is 2. The van der Waals surface area contributed by atoms with Crippen molar-refractivity contribution >= 4 is 5.91 Å². The van der Waals surface area contributed by atoms with Gasteiger partial charge in [0.25, 0.3) is 0 Å². The Morgan fingerprint density at radius 2 is 1.72 bits per heavy atom. The lowest BCUT2D eigenvalue weighted by Gasteiger charge is -2.59. The molecule has 36 heavy (non-hydrogen) atoms. The van der Waals surface area contributed by atoms with E-state index in [1.807, 2.05) is 0 Å². The third-order valence-corrected chi connectivity index (χ3v) is 9.13. The largest absolute Gasteiger partial charge is 0.508 e. The predicted molar refractivity (Wildman–Crippen MR) is 139 cm³/mol. The van der Waals surface area contributed by atoms with Gasteiger partial charge in [-0.2, -0.15) is 0 Å². The molecule has 0 radical (unpaired) electrons. The first-order chi connectivity index (χ1) is 17.3. The van der Waals surface area contributed by atoms with Crippen LogP contribution in [0.1, 0.15) is 79.7 Å². The number of carbonyl (C=O) groups excluding carboxylic acids is 1. The SMILES string of the molecule is C[C@H](Cc1cccc(C(C(N)=O)C23CC4CC(CC(C4)C2)C3)c1)NC[C@@H](O)c1ccc(O)c(CO)c1. The summed E-state index contributed by atoms with van der Waals surface area (Å²) in [5, 5.41) is 33.1. The summed E-state index contributed by atoms with van der Waals surface area (Å²) in [6.07, 6.45) is 7.46. The molecule has 6 N–H and O–H groups in total. The molecule has 0 aliphatic heterocycles. The second-order valence-corrected chi connectivity index (χ2v) is 11.9. The number of hydrogen-bond donors (Lipinski definition) is 5. The van der Waals surface area contributed by atoms with Gasteiger partial charge in [0.05, 0.1) is 18.6 Å². The fraction of sp³-hybridized carbons (Fsp3) is 0.567. The van der Waals surface area contributed by atoms with E-state index in [1.54, 1.807) is 12.1 Å². The van der Waals surface area contributed by atoms with Crippen LogP contribution >= 0.6 is 0 Å². The second-order valence-electron chi connectivity index (χ2n) is 11.9. The Balaban J connectivity index is 1.25. The summed E-state index contributed by atoms with van der Waals surface area (Å²) in [5.41, 5.74) is 9.41. The summed E-state index contributed by atoms with van der Waals surface area (Å²) >= 11 is 0. The highest BCUT2D eigenvalue weighted by Crippen LogP contribution is 2.64. The zero-order valence-electron chi connectivity index (χ0n) is 21.2. The number of aliphatic hydroxyl groups excluding tert-OH is 2. The normalized spacial score (nSPS) is 29.1. The predicted octanol–water partition coefficient (Wildman–Crippen LogP) is 3.92. The molecule has 3 atom stereocenters. The topological polar surface area (TPSA) is 116 Å². The Bertz CT molecular complexity index is 1060. The standard InChI is InChI=1S/C30H40N2O4/c1-18(32-16-27(35)23-5-6-26(34)25(12-23)17-33)7-19-3-2-4-24(11-19)28(29(31)36)30-13-20-8-21(14-30)10-22(9-20)15-30/h2-6,11-12,18,20-22,27-28,32-35H,7-10,13-17H2,1H3,(H2,31,36)/t18-,20?,21?,22?,27-,28?,30?/m1/s1. The van der Waals surface area contributed by atoms with Crippen molar-refractivity contribution in [1.82, 2.24) is 5.32 Å². The zero-order chi connectivity index (χ0) is 25.4. The molecule has 6 nitrogen and oxygen atoms in total. The lowest BCUT2D eigenvalue weighted by Crippen LogP contribution is -2.51. The Hall–Kier alpha value is -2.41. The number of aliphatic hydroxyl groups is 2. The number of hydrogen-bond acceptors (Lipinski definition) is 5. The van der Waals surface area contributed by atoms with Crippen LogP contribution in [0.3, 0.4) is 0 Å². The van der Waals surface area contributed by atoms with Gasteiger partial charge in [-0.25, -0.2) is 0 Å². The van der Waals surface area contributed by atoms with Crippen LogP contribution in [0, 0.1) is 23.2 Å². The van der Waals surface area contributed by atoms with Gasteiger partial charge in [0.2, 0.25) is 5.91 Å². The molecule has 6 heteroatoms. The molecule has 4 aliphatic carbocycles. The fourth-order valence-corrected chi connectivity index (χ4v) is 8.05. The summed E-state index contributed by atoms with van der Waals surface area (Å²) < 4.78 is 0. The van der Waals surface area contributed by atoms with Gasteiger partial charge in [0.1, 0.15) is 5.75 Å². The van der Waals surface area contributed by atoms with Gasteiger partial charge in [-0.05, 0) is 104 Å². The van der Waals surface area contributed by atoms with Crippen LogP contribution in [0.2, 0.25) is 0 Å². The van der Waals surface area contributed by atoms with Crippen molar-refractivity contribution in [2.24, 2.45) is 28.9 Å². The fourth-order valence-electron chi connectivity index (χ4n) is 8.05. The molecule has 0 heterocycles. The molecule has 4 fully saturated rings. The Kier molecular flexibility index (Phi) is 7.12. The molecular weight excluding hydrogens is 452 g/mol. The van der Waals surface area contributed by atoms with Gasteiger partial charge in [-0.3, -0.25) is 4.79 Å². The van der Waals surface area contributed by atoms with Crippen LogP contribution in [0.5, 0.6) is 5.75 Å². The molecule has 1 unspecified atom stereocenters. The van der Waals surface area contributed by atoms with Crippen molar-refractivity contribution in [3.8, 4) is 5.75 Å². The van der Waals surface area contributed by atoms with Crippen molar-refractivity contribution in [1.29, 1.82) is 0 Å². The minimum Gasteiger partial charge on any atom is -0.508 e. The second kappa shape index (κ2) is 10.2. The highest BCUT2D eigenvalue weighted by atomic mass is 16.3. The molecule has 2 aromatic carbocycles. The molecule has 0 aromatic heterocycles. The van der Waals surface area contributed by atoms with Crippen molar-refractivity contribution in [3.63, 3.8) is 0 Å². The van der Waals surface area contributed by atoms with Crippen LogP contribution < -0.4 is 11.1 Å². The molecule has 4 bridgehead atoms. The van der Waals surface area contributed by atoms with Crippen LogP contribution in [-0.2, 0) is 17.8 Å². The molecule has 2 aromatic rings. The molecule has 4 saturated carbocycles. The number of amides is 1. The molecule has 6 rings (SSSR count). The Labute approximate surface area is 213 Å². The van der Waals surface area contributed by atoms with Gasteiger partial charge in [0.15, 0.2) is 0 Å². The molecule has 4 aliphatic rings. The Morgan fingerprint density at radius 1 is 1.06 bits per heavy atom. The van der Waals surface area contributed by atoms with Crippen LogP contribution in [0.25, 0.3) is 0 Å². The van der Waals surface area contributed by atoms with E-state index < -0.39 is 6.10 Å². The molecule has 0 spiro atoms. The van der Waals surface area contributed by atoms with Crippen molar-refractivity contribution in [2.45, 2.75) is 76.5 Å². The summed E-state index contributed by atoms with van der Waals surface area (Å²) in [4.78, 5) is 12.9. The van der Waals surface area contributed by atoms with E-state index in [2.05, 4.69) is 36.5 Å². The van der Waals surface area contributed by atoms with Gasteiger partial charge in [-0.1, -0.05) is 30.3 Å². The lowest BCUT2D eigenvalue weighted by molar-refractivity contribution is -0.130. The van der Waals surface area contributed by atoms with Crippen molar-refractivity contribution in [3.05, 3.63) is 64.7 Å².